The number of aromatic carboxylic acids is 1. The second-order valence-electron chi connectivity index (χ2n) is 4.21. The predicted octanol–water partition coefficient (Wildman–Crippen LogP) is 4.61. The van der Waals surface area contributed by atoms with E-state index < -0.39 is 5.97 Å². The lowest BCUT2D eigenvalue weighted by atomic mass is 10.3. The molecule has 0 radical (unpaired) electrons. The lowest BCUT2D eigenvalue weighted by Crippen LogP contribution is -2.07. The van der Waals surface area contributed by atoms with E-state index in [1.807, 2.05) is 17.5 Å². The normalized spacial score (nSPS) is 10.8. The van der Waals surface area contributed by atoms with Crippen LogP contribution in [0, 0.1) is 0 Å². The van der Waals surface area contributed by atoms with Crippen molar-refractivity contribution in [1.82, 2.24) is 9.78 Å². The summed E-state index contributed by atoms with van der Waals surface area (Å²) >= 11 is 13.4. The number of hydrogen-bond acceptors (Lipinski definition) is 3. The van der Waals surface area contributed by atoms with E-state index >= 15 is 0 Å². The number of hydrogen-bond donors (Lipinski definition) is 1. The molecule has 2 heterocycles. The minimum absolute atomic E-state index is 0.0665. The number of thiophene rings is 1. The van der Waals surface area contributed by atoms with E-state index in [0.29, 0.717) is 21.4 Å². The maximum atomic E-state index is 11.4. The molecule has 1 N–H and O–H groups in total. The Hall–Kier alpha value is -1.82. The van der Waals surface area contributed by atoms with Crippen LogP contribution in [0.25, 0.3) is 16.3 Å². The number of aromatic nitrogens is 2. The van der Waals surface area contributed by atoms with Gasteiger partial charge in [0, 0.05) is 6.07 Å². The van der Waals surface area contributed by atoms with Crippen molar-refractivity contribution in [3.05, 3.63) is 57.5 Å². The van der Waals surface area contributed by atoms with Gasteiger partial charge in [0.25, 0.3) is 0 Å². The zero-order valence-corrected chi connectivity index (χ0v) is 12.8. The minimum Gasteiger partial charge on any atom is -0.477 e. The van der Waals surface area contributed by atoms with Crippen molar-refractivity contribution >= 4 is 40.5 Å². The predicted molar refractivity (Wildman–Crippen MR) is 83.9 cm³/mol. The minimum atomic E-state index is -1.06. The standard InChI is InChI=1S/C14H8Cl2N2O2S/c15-9-4-3-8(6-10(9)16)18-12(14(19)20)7-11(17-18)13-2-1-5-21-13/h1-7H,(H,19,20). The summed E-state index contributed by atoms with van der Waals surface area (Å²) in [7, 11) is 0. The molecule has 0 unspecified atom stereocenters. The molecule has 4 nitrogen and oxygen atoms in total. The van der Waals surface area contributed by atoms with Crippen LogP contribution in [0.2, 0.25) is 10.0 Å². The van der Waals surface area contributed by atoms with E-state index in [1.165, 1.54) is 22.1 Å². The van der Waals surface area contributed by atoms with Gasteiger partial charge in [0.2, 0.25) is 0 Å². The summed E-state index contributed by atoms with van der Waals surface area (Å²) in [6.45, 7) is 0. The van der Waals surface area contributed by atoms with Gasteiger partial charge in [-0.15, -0.1) is 11.3 Å². The Morgan fingerprint density at radius 1 is 1.19 bits per heavy atom. The van der Waals surface area contributed by atoms with Crippen LogP contribution in [-0.4, -0.2) is 20.9 Å². The summed E-state index contributed by atoms with van der Waals surface area (Å²) in [5, 5.41) is 16.4. The lowest BCUT2D eigenvalue weighted by Gasteiger charge is -2.05. The summed E-state index contributed by atoms with van der Waals surface area (Å²) in [5.74, 6) is -1.06. The number of carboxylic acids is 1. The van der Waals surface area contributed by atoms with E-state index in [2.05, 4.69) is 5.10 Å². The Bertz CT molecular complexity index is 813. The smallest absolute Gasteiger partial charge is 0.354 e. The third-order valence-electron chi connectivity index (χ3n) is 2.85. The Balaban J connectivity index is 2.16. The Labute approximate surface area is 134 Å². The molecule has 0 fully saturated rings. The zero-order valence-electron chi connectivity index (χ0n) is 10.5. The summed E-state index contributed by atoms with van der Waals surface area (Å²) in [6, 6.07) is 10.2. The van der Waals surface area contributed by atoms with E-state index in [9.17, 15) is 9.90 Å². The van der Waals surface area contributed by atoms with Gasteiger partial charge in [-0.2, -0.15) is 5.10 Å². The molecule has 106 valence electrons. The monoisotopic (exact) mass is 338 g/mol. The van der Waals surface area contributed by atoms with Crippen molar-refractivity contribution in [1.29, 1.82) is 0 Å². The molecule has 1 aromatic carbocycles. The molecule has 0 aliphatic carbocycles. The van der Waals surface area contributed by atoms with Crippen LogP contribution in [0.1, 0.15) is 10.5 Å². The average Bonchev–Trinajstić information content (AvgIpc) is 3.09. The summed E-state index contributed by atoms with van der Waals surface area (Å²) < 4.78 is 1.35. The van der Waals surface area contributed by atoms with Gasteiger partial charge in [-0.25, -0.2) is 9.48 Å². The van der Waals surface area contributed by atoms with Crippen molar-refractivity contribution < 1.29 is 9.90 Å². The maximum Gasteiger partial charge on any atom is 0.354 e. The largest absolute Gasteiger partial charge is 0.477 e. The molecule has 7 heteroatoms. The van der Waals surface area contributed by atoms with Gasteiger partial charge in [-0.3, -0.25) is 0 Å². The van der Waals surface area contributed by atoms with Crippen LogP contribution in [0.3, 0.4) is 0 Å². The molecule has 0 amide bonds. The van der Waals surface area contributed by atoms with Gasteiger partial charge in [-0.1, -0.05) is 29.3 Å². The van der Waals surface area contributed by atoms with E-state index in [4.69, 9.17) is 23.2 Å². The second kappa shape index (κ2) is 5.52. The quantitative estimate of drug-likeness (QED) is 0.758. The molecule has 2 aromatic heterocycles. The summed E-state index contributed by atoms with van der Waals surface area (Å²) in [5.41, 5.74) is 1.22. The molecule has 3 rings (SSSR count). The molecule has 3 aromatic rings. The maximum absolute atomic E-state index is 11.4. The first-order valence-corrected chi connectivity index (χ1v) is 7.52. The van der Waals surface area contributed by atoms with Gasteiger partial charge < -0.3 is 5.11 Å². The lowest BCUT2D eigenvalue weighted by molar-refractivity contribution is 0.0687. The Kier molecular flexibility index (Phi) is 3.71. The van der Waals surface area contributed by atoms with E-state index in [-0.39, 0.29) is 5.69 Å². The van der Waals surface area contributed by atoms with Gasteiger partial charge in [-0.05, 0) is 29.6 Å². The fourth-order valence-electron chi connectivity index (χ4n) is 1.89. The summed E-state index contributed by atoms with van der Waals surface area (Å²) in [4.78, 5) is 12.3. The third-order valence-corrected chi connectivity index (χ3v) is 4.48. The van der Waals surface area contributed by atoms with E-state index in [0.717, 1.165) is 4.88 Å². The van der Waals surface area contributed by atoms with Crippen LogP contribution in [-0.2, 0) is 0 Å². The summed E-state index contributed by atoms with van der Waals surface area (Å²) in [6.07, 6.45) is 0. The number of carboxylic acid groups (broad SMARTS) is 1. The van der Waals surface area contributed by atoms with Crippen molar-refractivity contribution in [3.63, 3.8) is 0 Å². The molecule has 21 heavy (non-hydrogen) atoms. The Morgan fingerprint density at radius 3 is 2.62 bits per heavy atom. The number of benzene rings is 1. The van der Waals surface area contributed by atoms with E-state index in [1.54, 1.807) is 18.2 Å². The second-order valence-corrected chi connectivity index (χ2v) is 5.97. The molecule has 0 saturated carbocycles. The van der Waals surface area contributed by atoms with Crippen LogP contribution < -0.4 is 0 Å². The van der Waals surface area contributed by atoms with Gasteiger partial charge in [0.05, 0.1) is 20.6 Å². The zero-order chi connectivity index (χ0) is 15.0. The fourth-order valence-corrected chi connectivity index (χ4v) is 2.87. The first-order chi connectivity index (χ1) is 10.1. The highest BCUT2D eigenvalue weighted by molar-refractivity contribution is 7.13. The number of rotatable bonds is 3. The highest BCUT2D eigenvalue weighted by Crippen LogP contribution is 2.28. The van der Waals surface area contributed by atoms with Gasteiger partial charge >= 0.3 is 5.97 Å². The van der Waals surface area contributed by atoms with Crippen LogP contribution >= 0.6 is 34.5 Å². The molecule has 0 aliphatic rings. The van der Waals surface area contributed by atoms with Crippen molar-refractivity contribution in [2.75, 3.05) is 0 Å². The van der Waals surface area contributed by atoms with Crippen molar-refractivity contribution in [3.8, 4) is 16.3 Å². The number of halogens is 2. The van der Waals surface area contributed by atoms with Crippen LogP contribution in [0.5, 0.6) is 0 Å². The molecule has 0 saturated heterocycles. The Morgan fingerprint density at radius 2 is 2.00 bits per heavy atom. The first-order valence-electron chi connectivity index (χ1n) is 5.89. The van der Waals surface area contributed by atoms with Crippen molar-refractivity contribution in [2.45, 2.75) is 0 Å². The topological polar surface area (TPSA) is 55.1 Å². The molecular weight excluding hydrogens is 331 g/mol. The van der Waals surface area contributed by atoms with Crippen LogP contribution in [0.15, 0.2) is 41.8 Å². The average molecular weight is 339 g/mol. The highest BCUT2D eigenvalue weighted by atomic mass is 35.5. The van der Waals surface area contributed by atoms with Crippen molar-refractivity contribution in [2.24, 2.45) is 0 Å². The number of carbonyl (C=O) groups is 1. The molecule has 0 spiro atoms. The highest BCUT2D eigenvalue weighted by Gasteiger charge is 2.17. The molecule has 0 aliphatic heterocycles. The van der Waals surface area contributed by atoms with Crippen LogP contribution in [0.4, 0.5) is 0 Å². The SMILES string of the molecule is O=C(O)c1cc(-c2cccs2)nn1-c1ccc(Cl)c(Cl)c1. The molecule has 0 bridgehead atoms. The third kappa shape index (κ3) is 2.68. The number of nitrogens with zero attached hydrogens (tertiary/aromatic N) is 2. The van der Waals surface area contributed by atoms with Gasteiger partial charge in [0.1, 0.15) is 5.69 Å². The molecule has 0 atom stereocenters. The fraction of sp³-hybridized carbons (Fsp3) is 0. The first kappa shape index (κ1) is 14.1. The molecular formula is C14H8Cl2N2O2S. The van der Waals surface area contributed by atoms with Gasteiger partial charge in [0.15, 0.2) is 5.69 Å².